The van der Waals surface area contributed by atoms with E-state index in [0.717, 1.165) is 12.8 Å². The number of aromatic amines is 1. The number of nitrogens with one attached hydrogen (secondary N) is 1. The fourth-order valence-electron chi connectivity index (χ4n) is 3.31. The van der Waals surface area contributed by atoms with Crippen LogP contribution in [0.5, 0.6) is 6.01 Å². The third kappa shape index (κ3) is 2.79. The highest BCUT2D eigenvalue weighted by molar-refractivity contribution is 5.92. The van der Waals surface area contributed by atoms with Gasteiger partial charge in [0.15, 0.2) is 0 Å². The molecule has 2 aliphatic heterocycles. The summed E-state index contributed by atoms with van der Waals surface area (Å²) in [4.78, 5) is 25.4. The van der Waals surface area contributed by atoms with E-state index in [4.69, 9.17) is 9.47 Å². The van der Waals surface area contributed by atoms with Crippen molar-refractivity contribution in [2.45, 2.75) is 24.5 Å². The lowest BCUT2D eigenvalue weighted by Crippen LogP contribution is -2.36. The zero-order valence-electron chi connectivity index (χ0n) is 12.6. The van der Waals surface area contributed by atoms with Crippen molar-refractivity contribution in [1.82, 2.24) is 19.9 Å². The number of amides is 1. The summed E-state index contributed by atoms with van der Waals surface area (Å²) in [5.74, 6) is 0.0197. The van der Waals surface area contributed by atoms with Crippen LogP contribution < -0.4 is 4.74 Å². The first-order chi connectivity index (χ1) is 11.2. The van der Waals surface area contributed by atoms with Crippen LogP contribution in [0.2, 0.25) is 0 Å². The van der Waals surface area contributed by atoms with Crippen molar-refractivity contribution in [2.75, 3.05) is 19.7 Å². The Morgan fingerprint density at radius 2 is 2.26 bits per heavy atom. The van der Waals surface area contributed by atoms with Gasteiger partial charge in [-0.05, 0) is 24.6 Å². The van der Waals surface area contributed by atoms with Gasteiger partial charge in [-0.2, -0.15) is 0 Å². The summed E-state index contributed by atoms with van der Waals surface area (Å²) < 4.78 is 11.8. The van der Waals surface area contributed by atoms with Gasteiger partial charge in [0, 0.05) is 31.6 Å². The van der Waals surface area contributed by atoms with E-state index in [1.165, 1.54) is 0 Å². The van der Waals surface area contributed by atoms with Gasteiger partial charge in [-0.3, -0.25) is 4.79 Å². The second-order valence-corrected chi connectivity index (χ2v) is 6.03. The highest BCUT2D eigenvalue weighted by atomic mass is 16.6. The number of aromatic nitrogens is 3. The number of hydrogen-bond donors (Lipinski definition) is 1. The SMILES string of the molecule is O=C(c1ccc[nH]1)N1CCC2(CC(Oc3ncccn3)CO2)C1. The summed E-state index contributed by atoms with van der Waals surface area (Å²) in [7, 11) is 0. The molecule has 2 atom stereocenters. The molecule has 0 aliphatic carbocycles. The van der Waals surface area contributed by atoms with Gasteiger partial charge in [-0.15, -0.1) is 0 Å². The number of carbonyl (C=O) groups excluding carboxylic acids is 1. The molecule has 7 nitrogen and oxygen atoms in total. The molecule has 7 heteroatoms. The maximum Gasteiger partial charge on any atom is 0.316 e. The maximum atomic E-state index is 12.4. The second-order valence-electron chi connectivity index (χ2n) is 6.03. The highest BCUT2D eigenvalue weighted by Crippen LogP contribution is 2.36. The standard InChI is InChI=1S/C16H18N4O3/c21-14(13-3-1-5-17-13)20-8-4-16(11-20)9-12(10-22-16)23-15-18-6-2-7-19-15/h1-3,5-7,12,17H,4,8-11H2. The molecule has 2 aliphatic rings. The average molecular weight is 314 g/mol. The minimum Gasteiger partial charge on any atom is -0.458 e. The minimum atomic E-state index is -0.304. The summed E-state index contributed by atoms with van der Waals surface area (Å²) in [5, 5.41) is 0. The number of ether oxygens (including phenoxy) is 2. The molecular formula is C16H18N4O3. The van der Waals surface area contributed by atoms with Gasteiger partial charge in [0.05, 0.1) is 18.8 Å². The van der Waals surface area contributed by atoms with E-state index in [1.807, 2.05) is 11.0 Å². The fraction of sp³-hybridized carbons (Fsp3) is 0.438. The summed E-state index contributed by atoms with van der Waals surface area (Å²) >= 11 is 0. The van der Waals surface area contributed by atoms with E-state index in [-0.39, 0.29) is 17.6 Å². The third-order valence-electron chi connectivity index (χ3n) is 4.42. The zero-order chi connectivity index (χ0) is 15.7. The van der Waals surface area contributed by atoms with Gasteiger partial charge >= 0.3 is 6.01 Å². The van der Waals surface area contributed by atoms with Gasteiger partial charge in [0.2, 0.25) is 0 Å². The molecule has 23 heavy (non-hydrogen) atoms. The number of carbonyl (C=O) groups is 1. The number of hydrogen-bond acceptors (Lipinski definition) is 5. The quantitative estimate of drug-likeness (QED) is 0.922. The average Bonchev–Trinajstić information content (AvgIpc) is 3.31. The van der Waals surface area contributed by atoms with E-state index < -0.39 is 0 Å². The van der Waals surface area contributed by atoms with Crippen molar-refractivity contribution < 1.29 is 14.3 Å². The zero-order valence-corrected chi connectivity index (χ0v) is 12.6. The molecule has 0 radical (unpaired) electrons. The Balaban J connectivity index is 1.38. The molecule has 120 valence electrons. The summed E-state index contributed by atoms with van der Waals surface area (Å²) in [5.41, 5.74) is 0.312. The van der Waals surface area contributed by atoms with Crippen LogP contribution in [-0.4, -0.2) is 57.2 Å². The van der Waals surface area contributed by atoms with Crippen LogP contribution in [0, 0.1) is 0 Å². The molecule has 2 aromatic rings. The minimum absolute atomic E-state index is 0.0197. The van der Waals surface area contributed by atoms with Crippen LogP contribution >= 0.6 is 0 Å². The molecule has 0 aromatic carbocycles. The van der Waals surface area contributed by atoms with Crippen molar-refractivity contribution in [2.24, 2.45) is 0 Å². The lowest BCUT2D eigenvalue weighted by molar-refractivity contribution is 0.00968. The number of likely N-dealkylation sites (tertiary alicyclic amines) is 1. The molecule has 4 rings (SSSR count). The van der Waals surface area contributed by atoms with Crippen molar-refractivity contribution in [3.63, 3.8) is 0 Å². The Morgan fingerprint density at radius 3 is 3.04 bits per heavy atom. The van der Waals surface area contributed by atoms with E-state index in [0.29, 0.717) is 31.4 Å². The second kappa shape index (κ2) is 5.66. The normalized spacial score (nSPS) is 26.8. The van der Waals surface area contributed by atoms with Crippen molar-refractivity contribution in [3.05, 3.63) is 42.5 Å². The highest BCUT2D eigenvalue weighted by Gasteiger charge is 2.47. The summed E-state index contributed by atoms with van der Waals surface area (Å²) in [6.07, 6.45) is 6.57. The first-order valence-electron chi connectivity index (χ1n) is 7.74. The van der Waals surface area contributed by atoms with E-state index in [2.05, 4.69) is 15.0 Å². The van der Waals surface area contributed by atoms with Crippen LogP contribution in [-0.2, 0) is 4.74 Å². The Morgan fingerprint density at radius 1 is 1.39 bits per heavy atom. The van der Waals surface area contributed by atoms with Gasteiger partial charge in [0.1, 0.15) is 11.8 Å². The van der Waals surface area contributed by atoms with Gasteiger partial charge in [0.25, 0.3) is 5.91 Å². The van der Waals surface area contributed by atoms with Crippen LogP contribution in [0.1, 0.15) is 23.3 Å². The van der Waals surface area contributed by atoms with E-state index >= 15 is 0 Å². The largest absolute Gasteiger partial charge is 0.458 e. The Hall–Kier alpha value is -2.41. The molecule has 2 unspecified atom stereocenters. The monoisotopic (exact) mass is 314 g/mol. The van der Waals surface area contributed by atoms with E-state index in [1.54, 1.807) is 30.7 Å². The Labute approximate surface area is 133 Å². The topological polar surface area (TPSA) is 80.3 Å². The Bertz CT molecular complexity index is 676. The lowest BCUT2D eigenvalue weighted by atomic mass is 9.98. The van der Waals surface area contributed by atoms with Crippen LogP contribution in [0.4, 0.5) is 0 Å². The maximum absolute atomic E-state index is 12.4. The van der Waals surface area contributed by atoms with Gasteiger partial charge in [-0.25, -0.2) is 9.97 Å². The predicted octanol–water partition coefficient (Wildman–Crippen LogP) is 1.26. The van der Waals surface area contributed by atoms with Crippen LogP contribution in [0.25, 0.3) is 0 Å². The Kier molecular flexibility index (Phi) is 3.49. The molecule has 1 N–H and O–H groups in total. The van der Waals surface area contributed by atoms with E-state index in [9.17, 15) is 4.79 Å². The molecule has 4 heterocycles. The first-order valence-corrected chi connectivity index (χ1v) is 7.74. The fourth-order valence-corrected chi connectivity index (χ4v) is 3.31. The van der Waals surface area contributed by atoms with Crippen molar-refractivity contribution in [3.8, 4) is 6.01 Å². The smallest absolute Gasteiger partial charge is 0.316 e. The molecule has 1 amide bonds. The molecule has 2 fully saturated rings. The van der Waals surface area contributed by atoms with Crippen LogP contribution in [0.15, 0.2) is 36.8 Å². The number of rotatable bonds is 3. The summed E-state index contributed by atoms with van der Waals surface area (Å²) in [6, 6.07) is 5.74. The molecule has 0 bridgehead atoms. The number of nitrogens with zero attached hydrogens (tertiary/aromatic N) is 3. The first kappa shape index (κ1) is 14.2. The predicted molar refractivity (Wildman–Crippen MR) is 81.1 cm³/mol. The molecular weight excluding hydrogens is 296 g/mol. The molecule has 1 spiro atoms. The third-order valence-corrected chi connectivity index (χ3v) is 4.42. The van der Waals surface area contributed by atoms with Crippen molar-refractivity contribution >= 4 is 5.91 Å². The molecule has 0 saturated carbocycles. The van der Waals surface area contributed by atoms with Crippen molar-refractivity contribution in [1.29, 1.82) is 0 Å². The van der Waals surface area contributed by atoms with Crippen LogP contribution in [0.3, 0.4) is 0 Å². The van der Waals surface area contributed by atoms with Gasteiger partial charge < -0.3 is 19.4 Å². The summed E-state index contributed by atoms with van der Waals surface area (Å²) in [6.45, 7) is 1.80. The van der Waals surface area contributed by atoms with Gasteiger partial charge in [-0.1, -0.05) is 0 Å². The number of H-pyrrole nitrogens is 1. The molecule has 2 saturated heterocycles. The molecule has 2 aromatic heterocycles. The lowest BCUT2D eigenvalue weighted by Gasteiger charge is -2.23.